The summed E-state index contributed by atoms with van der Waals surface area (Å²) in [5.41, 5.74) is 0.185. The lowest BCUT2D eigenvalue weighted by molar-refractivity contribution is -0.386. The molecular weight excluding hydrogens is 254 g/mol. The monoisotopic (exact) mass is 269 g/mol. The van der Waals surface area contributed by atoms with Crippen LogP contribution in [0.3, 0.4) is 0 Å². The van der Waals surface area contributed by atoms with Crippen molar-refractivity contribution in [3.8, 4) is 5.75 Å². The third-order valence-corrected chi connectivity index (χ3v) is 2.33. The first-order valence-electron chi connectivity index (χ1n) is 5.71. The molecule has 7 nitrogen and oxygen atoms in total. The molecule has 0 aliphatic heterocycles. The topological polar surface area (TPSA) is 98.9 Å². The first-order chi connectivity index (χ1) is 8.99. The Morgan fingerprint density at radius 3 is 2.74 bits per heavy atom. The predicted molar refractivity (Wildman–Crippen MR) is 65.7 cm³/mol. The molecule has 0 heterocycles. The summed E-state index contributed by atoms with van der Waals surface area (Å²) < 4.78 is 9.99. The third kappa shape index (κ3) is 3.92. The van der Waals surface area contributed by atoms with Crippen molar-refractivity contribution in [3.05, 3.63) is 33.9 Å². The van der Waals surface area contributed by atoms with Crippen LogP contribution in [-0.2, 0) is 16.1 Å². The first kappa shape index (κ1) is 14.9. The van der Waals surface area contributed by atoms with Crippen molar-refractivity contribution in [2.24, 2.45) is 0 Å². The molecule has 0 aromatic heterocycles. The summed E-state index contributed by atoms with van der Waals surface area (Å²) in [5, 5.41) is 19.8. The van der Waals surface area contributed by atoms with Crippen molar-refractivity contribution in [2.75, 3.05) is 6.61 Å². The number of nitro groups is 1. The van der Waals surface area contributed by atoms with E-state index >= 15 is 0 Å². The Morgan fingerprint density at radius 1 is 1.53 bits per heavy atom. The van der Waals surface area contributed by atoms with E-state index in [1.165, 1.54) is 25.1 Å². The Balaban J connectivity index is 2.97. The average Bonchev–Trinajstić information content (AvgIpc) is 2.38. The quantitative estimate of drug-likeness (QED) is 0.476. The molecule has 1 aromatic carbocycles. The second-order valence-corrected chi connectivity index (χ2v) is 3.73. The van der Waals surface area contributed by atoms with Gasteiger partial charge < -0.3 is 14.6 Å². The van der Waals surface area contributed by atoms with Gasteiger partial charge in [0.2, 0.25) is 0 Å². The lowest BCUT2D eigenvalue weighted by Gasteiger charge is -2.13. The van der Waals surface area contributed by atoms with Gasteiger partial charge in [-0.05, 0) is 31.5 Å². The number of rotatable bonds is 6. The summed E-state index contributed by atoms with van der Waals surface area (Å²) >= 11 is 0. The number of nitro benzene ring substituents is 1. The van der Waals surface area contributed by atoms with E-state index in [9.17, 15) is 14.9 Å². The van der Waals surface area contributed by atoms with Gasteiger partial charge in [-0.2, -0.15) is 0 Å². The van der Waals surface area contributed by atoms with Gasteiger partial charge in [0.15, 0.2) is 11.9 Å². The van der Waals surface area contributed by atoms with Crippen molar-refractivity contribution in [3.63, 3.8) is 0 Å². The highest BCUT2D eigenvalue weighted by atomic mass is 16.6. The van der Waals surface area contributed by atoms with E-state index < -0.39 is 17.0 Å². The van der Waals surface area contributed by atoms with Crippen LogP contribution in [0, 0.1) is 10.1 Å². The molecule has 1 N–H and O–H groups in total. The van der Waals surface area contributed by atoms with E-state index in [-0.39, 0.29) is 24.7 Å². The van der Waals surface area contributed by atoms with Gasteiger partial charge in [0.05, 0.1) is 18.1 Å². The second-order valence-electron chi connectivity index (χ2n) is 3.73. The van der Waals surface area contributed by atoms with Crippen molar-refractivity contribution in [1.82, 2.24) is 0 Å². The molecule has 0 aliphatic rings. The fourth-order valence-corrected chi connectivity index (χ4v) is 1.40. The number of carbonyl (C=O) groups is 1. The lowest BCUT2D eigenvalue weighted by Crippen LogP contribution is -2.26. The number of hydrogen-bond donors (Lipinski definition) is 1. The summed E-state index contributed by atoms with van der Waals surface area (Å²) in [5.74, 6) is -0.677. The molecule has 0 amide bonds. The molecule has 7 heteroatoms. The van der Waals surface area contributed by atoms with E-state index in [0.717, 1.165) is 0 Å². The van der Waals surface area contributed by atoms with Gasteiger partial charge >= 0.3 is 11.7 Å². The number of benzene rings is 1. The minimum Gasteiger partial charge on any atom is -0.472 e. The number of nitrogens with zero attached hydrogens (tertiary/aromatic N) is 1. The van der Waals surface area contributed by atoms with Crippen LogP contribution in [0.2, 0.25) is 0 Å². The normalized spacial score (nSPS) is 11.7. The van der Waals surface area contributed by atoms with Crippen LogP contribution in [0.15, 0.2) is 18.2 Å². The van der Waals surface area contributed by atoms with Gasteiger partial charge in [-0.1, -0.05) is 0 Å². The molecule has 0 spiro atoms. The number of esters is 1. The molecule has 0 aliphatic carbocycles. The van der Waals surface area contributed by atoms with Crippen molar-refractivity contribution < 1.29 is 24.3 Å². The Labute approximate surface area is 109 Å². The Hall–Kier alpha value is -2.15. The molecule has 1 aromatic rings. The molecule has 1 rings (SSSR count). The highest BCUT2D eigenvalue weighted by Gasteiger charge is 2.22. The molecule has 0 saturated carbocycles. The van der Waals surface area contributed by atoms with Crippen molar-refractivity contribution >= 4 is 11.7 Å². The summed E-state index contributed by atoms with van der Waals surface area (Å²) in [6.07, 6.45) is -0.965. The maximum atomic E-state index is 11.4. The van der Waals surface area contributed by atoms with Gasteiger partial charge in [0.1, 0.15) is 0 Å². The van der Waals surface area contributed by atoms with Gasteiger partial charge in [-0.15, -0.1) is 0 Å². The number of hydrogen-bond acceptors (Lipinski definition) is 6. The molecular formula is C12H15NO6. The van der Waals surface area contributed by atoms with Gasteiger partial charge in [0.25, 0.3) is 0 Å². The molecule has 19 heavy (non-hydrogen) atoms. The van der Waals surface area contributed by atoms with Crippen LogP contribution in [0.1, 0.15) is 19.4 Å². The number of carbonyl (C=O) groups excluding carboxylic acids is 1. The fraction of sp³-hybridized carbons (Fsp3) is 0.417. The van der Waals surface area contributed by atoms with Crippen LogP contribution >= 0.6 is 0 Å². The highest BCUT2D eigenvalue weighted by Crippen LogP contribution is 2.29. The van der Waals surface area contributed by atoms with Crippen LogP contribution in [0.4, 0.5) is 5.69 Å². The van der Waals surface area contributed by atoms with Crippen molar-refractivity contribution in [1.29, 1.82) is 0 Å². The Morgan fingerprint density at radius 2 is 2.21 bits per heavy atom. The third-order valence-electron chi connectivity index (χ3n) is 2.33. The highest BCUT2D eigenvalue weighted by molar-refractivity contribution is 5.74. The molecule has 104 valence electrons. The summed E-state index contributed by atoms with van der Waals surface area (Å²) in [6, 6.07) is 3.96. The minimum absolute atomic E-state index is 0.0721. The van der Waals surface area contributed by atoms with Gasteiger partial charge in [-0.25, -0.2) is 4.79 Å². The first-order valence-corrected chi connectivity index (χ1v) is 5.71. The SMILES string of the molecule is CCOC(=O)C(C)Oc1cc(CO)ccc1[N+](=O)[O-]. The fourth-order valence-electron chi connectivity index (χ4n) is 1.40. The maximum absolute atomic E-state index is 11.4. The van der Waals surface area contributed by atoms with Crippen molar-refractivity contribution in [2.45, 2.75) is 26.6 Å². The van der Waals surface area contributed by atoms with E-state index in [2.05, 4.69) is 0 Å². The molecule has 1 atom stereocenters. The minimum atomic E-state index is -0.965. The van der Waals surface area contributed by atoms with Crippen LogP contribution < -0.4 is 4.74 Å². The zero-order valence-electron chi connectivity index (χ0n) is 10.7. The zero-order chi connectivity index (χ0) is 14.4. The molecule has 0 fully saturated rings. The average molecular weight is 269 g/mol. The summed E-state index contributed by atoms with van der Waals surface area (Å²) in [7, 11) is 0. The summed E-state index contributed by atoms with van der Waals surface area (Å²) in [6.45, 7) is 3.01. The summed E-state index contributed by atoms with van der Waals surface area (Å²) in [4.78, 5) is 21.6. The molecule has 1 unspecified atom stereocenters. The maximum Gasteiger partial charge on any atom is 0.347 e. The number of aliphatic hydroxyl groups excluding tert-OH is 1. The molecule has 0 saturated heterocycles. The van der Waals surface area contributed by atoms with E-state index in [0.29, 0.717) is 5.56 Å². The van der Waals surface area contributed by atoms with Gasteiger partial charge in [0, 0.05) is 6.07 Å². The van der Waals surface area contributed by atoms with Gasteiger partial charge in [-0.3, -0.25) is 10.1 Å². The van der Waals surface area contributed by atoms with Crippen LogP contribution in [-0.4, -0.2) is 28.7 Å². The van der Waals surface area contributed by atoms with Crippen LogP contribution in [0.25, 0.3) is 0 Å². The molecule has 0 radical (unpaired) electrons. The second kappa shape index (κ2) is 6.69. The van der Waals surface area contributed by atoms with E-state index in [1.54, 1.807) is 6.92 Å². The zero-order valence-corrected chi connectivity index (χ0v) is 10.7. The largest absolute Gasteiger partial charge is 0.472 e. The van der Waals surface area contributed by atoms with E-state index in [4.69, 9.17) is 14.6 Å². The Kier molecular flexibility index (Phi) is 5.25. The van der Waals surface area contributed by atoms with E-state index in [1.807, 2.05) is 0 Å². The molecule has 0 bridgehead atoms. The lowest BCUT2D eigenvalue weighted by atomic mass is 10.2. The predicted octanol–water partition coefficient (Wildman–Crippen LogP) is 1.42. The number of ether oxygens (including phenoxy) is 2. The Bertz CT molecular complexity index is 473. The van der Waals surface area contributed by atoms with Crippen LogP contribution in [0.5, 0.6) is 5.75 Å². The smallest absolute Gasteiger partial charge is 0.347 e. The standard InChI is InChI=1S/C12H15NO6/c1-3-18-12(15)8(2)19-11-6-9(7-14)4-5-10(11)13(16)17/h4-6,8,14H,3,7H2,1-2H3. The number of aliphatic hydroxyl groups is 1.